The second-order valence-corrected chi connectivity index (χ2v) is 7.59. The fraction of sp³-hybridized carbons (Fsp3) is 0.333. The van der Waals surface area contributed by atoms with Gasteiger partial charge in [0, 0.05) is 31.7 Å². The van der Waals surface area contributed by atoms with Gasteiger partial charge in [0.1, 0.15) is 29.9 Å². The maximum Gasteiger partial charge on any atom is 0.295 e. The van der Waals surface area contributed by atoms with Crippen molar-refractivity contribution in [1.29, 1.82) is 0 Å². The van der Waals surface area contributed by atoms with Crippen LogP contribution in [0.4, 0.5) is 0 Å². The van der Waals surface area contributed by atoms with E-state index in [0.29, 0.717) is 50.0 Å². The second-order valence-electron chi connectivity index (χ2n) is 7.59. The lowest BCUT2D eigenvalue weighted by Crippen LogP contribution is -2.42. The van der Waals surface area contributed by atoms with Crippen molar-refractivity contribution in [2.45, 2.75) is 6.04 Å². The fourth-order valence-corrected chi connectivity index (χ4v) is 3.95. The molecule has 32 heavy (non-hydrogen) atoms. The van der Waals surface area contributed by atoms with E-state index in [2.05, 4.69) is 11.5 Å². The van der Waals surface area contributed by atoms with Crippen molar-refractivity contribution in [2.24, 2.45) is 0 Å². The summed E-state index contributed by atoms with van der Waals surface area (Å²) in [6.07, 6.45) is 3.12. The van der Waals surface area contributed by atoms with Gasteiger partial charge in [-0.3, -0.25) is 14.5 Å². The smallest absolute Gasteiger partial charge is 0.295 e. The van der Waals surface area contributed by atoms with E-state index >= 15 is 0 Å². The van der Waals surface area contributed by atoms with Gasteiger partial charge in [0.2, 0.25) is 0 Å². The highest BCUT2D eigenvalue weighted by Gasteiger charge is 2.47. The van der Waals surface area contributed by atoms with Gasteiger partial charge < -0.3 is 23.9 Å². The number of rotatable bonds is 8. The molecule has 168 valence electrons. The highest BCUT2D eigenvalue weighted by Crippen LogP contribution is 2.39. The number of Topliss-reactive ketones (excluding diaryl/α,β-unsaturated/α-hetero) is 1. The first-order valence-corrected chi connectivity index (χ1v) is 10.6. The number of ketones is 1. The molecule has 0 spiro atoms. The zero-order chi connectivity index (χ0) is 22.5. The third kappa shape index (κ3) is 4.46. The lowest BCUT2D eigenvalue weighted by atomic mass is 9.99. The normalized spacial score (nSPS) is 21.1. The monoisotopic (exact) mass is 438 g/mol. The first kappa shape index (κ1) is 21.9. The minimum atomic E-state index is -0.789. The molecule has 8 nitrogen and oxygen atoms in total. The van der Waals surface area contributed by atoms with Crippen molar-refractivity contribution in [3.8, 4) is 5.75 Å². The van der Waals surface area contributed by atoms with Crippen LogP contribution in [0.15, 0.2) is 65.3 Å². The van der Waals surface area contributed by atoms with E-state index in [1.165, 1.54) is 11.2 Å². The average molecular weight is 438 g/mol. The van der Waals surface area contributed by atoms with Gasteiger partial charge in [-0.15, -0.1) is 0 Å². The van der Waals surface area contributed by atoms with Crippen LogP contribution in [0.3, 0.4) is 0 Å². The molecule has 1 atom stereocenters. The van der Waals surface area contributed by atoms with E-state index in [1.54, 1.807) is 42.5 Å². The van der Waals surface area contributed by atoms with E-state index in [9.17, 15) is 14.7 Å². The van der Waals surface area contributed by atoms with Crippen LogP contribution in [0.25, 0.3) is 5.76 Å². The number of aliphatic hydroxyl groups is 1. The minimum absolute atomic E-state index is 0.0201. The summed E-state index contributed by atoms with van der Waals surface area (Å²) in [6, 6.07) is 9.29. The Morgan fingerprint density at radius 1 is 1.16 bits per heavy atom. The Hall–Kier alpha value is -3.36. The molecule has 1 aromatic carbocycles. The van der Waals surface area contributed by atoms with Crippen LogP contribution in [-0.4, -0.2) is 72.6 Å². The molecular weight excluding hydrogens is 412 g/mol. The SMILES string of the molecule is C=CCOc1ccc(/C(O)=C2/C(=O)C(=O)N(CCN3CCOCC3)C2c2ccco2)cc1. The van der Waals surface area contributed by atoms with Crippen LogP contribution in [0.1, 0.15) is 17.4 Å². The van der Waals surface area contributed by atoms with Crippen LogP contribution in [0.2, 0.25) is 0 Å². The third-order valence-electron chi connectivity index (χ3n) is 5.61. The highest BCUT2D eigenvalue weighted by molar-refractivity contribution is 6.46. The van der Waals surface area contributed by atoms with Crippen LogP contribution < -0.4 is 4.74 Å². The Morgan fingerprint density at radius 3 is 2.56 bits per heavy atom. The number of amides is 1. The number of benzene rings is 1. The molecule has 2 saturated heterocycles. The molecule has 0 saturated carbocycles. The predicted molar refractivity (Wildman–Crippen MR) is 117 cm³/mol. The van der Waals surface area contributed by atoms with Crippen molar-refractivity contribution >= 4 is 17.4 Å². The summed E-state index contributed by atoms with van der Waals surface area (Å²) in [7, 11) is 0. The van der Waals surface area contributed by atoms with Gasteiger partial charge >= 0.3 is 0 Å². The molecule has 0 bridgehead atoms. The number of furan rings is 1. The Morgan fingerprint density at radius 2 is 1.91 bits per heavy atom. The van der Waals surface area contributed by atoms with Crippen molar-refractivity contribution in [1.82, 2.24) is 9.80 Å². The first-order valence-electron chi connectivity index (χ1n) is 10.6. The molecule has 1 aromatic heterocycles. The second kappa shape index (κ2) is 9.84. The van der Waals surface area contributed by atoms with Gasteiger partial charge in [-0.05, 0) is 36.4 Å². The maximum atomic E-state index is 13.0. The van der Waals surface area contributed by atoms with Crippen LogP contribution in [0, 0.1) is 0 Å². The van der Waals surface area contributed by atoms with Gasteiger partial charge in [-0.1, -0.05) is 12.7 Å². The number of aliphatic hydroxyl groups excluding tert-OH is 1. The summed E-state index contributed by atoms with van der Waals surface area (Å²) in [5.41, 5.74) is 0.436. The van der Waals surface area contributed by atoms with E-state index in [4.69, 9.17) is 13.9 Å². The number of carbonyl (C=O) groups excluding carboxylic acids is 2. The van der Waals surface area contributed by atoms with E-state index in [-0.39, 0.29) is 11.3 Å². The lowest BCUT2D eigenvalue weighted by Gasteiger charge is -2.30. The molecule has 0 aliphatic carbocycles. The number of carbonyl (C=O) groups is 2. The van der Waals surface area contributed by atoms with E-state index < -0.39 is 17.7 Å². The molecule has 2 aliphatic rings. The molecule has 1 N–H and O–H groups in total. The Balaban J connectivity index is 1.64. The Bertz CT molecular complexity index is 990. The molecule has 2 aliphatic heterocycles. The molecule has 2 aromatic rings. The largest absolute Gasteiger partial charge is 0.507 e. The van der Waals surface area contributed by atoms with Crippen molar-refractivity contribution in [3.63, 3.8) is 0 Å². The van der Waals surface area contributed by atoms with Crippen LogP contribution in [-0.2, 0) is 14.3 Å². The van der Waals surface area contributed by atoms with Crippen LogP contribution in [0.5, 0.6) is 5.75 Å². The summed E-state index contributed by atoms with van der Waals surface area (Å²) >= 11 is 0. The molecule has 0 radical (unpaired) electrons. The standard InChI is InChI=1S/C24H26N2O6/c1-2-13-31-18-7-5-17(6-8-18)22(27)20-21(19-4-3-14-32-19)26(24(29)23(20)28)10-9-25-11-15-30-16-12-25/h2-8,14,21,27H,1,9-13,15-16H2/b22-20-. The first-order chi connectivity index (χ1) is 15.6. The zero-order valence-electron chi connectivity index (χ0n) is 17.7. The average Bonchev–Trinajstić information content (AvgIpc) is 3.44. The number of morpholine rings is 1. The van der Waals surface area contributed by atoms with Crippen molar-refractivity contribution in [3.05, 3.63) is 72.2 Å². The van der Waals surface area contributed by atoms with E-state index in [1.807, 2.05) is 0 Å². The summed E-state index contributed by atoms with van der Waals surface area (Å²) in [4.78, 5) is 29.6. The van der Waals surface area contributed by atoms with Crippen LogP contribution >= 0.6 is 0 Å². The maximum absolute atomic E-state index is 13.0. The Kier molecular flexibility index (Phi) is 6.72. The molecule has 2 fully saturated rings. The fourth-order valence-electron chi connectivity index (χ4n) is 3.95. The van der Waals surface area contributed by atoms with Gasteiger partial charge in [0.25, 0.3) is 11.7 Å². The number of ether oxygens (including phenoxy) is 2. The molecular formula is C24H26N2O6. The van der Waals surface area contributed by atoms with E-state index in [0.717, 1.165) is 13.1 Å². The summed E-state index contributed by atoms with van der Waals surface area (Å²) in [5, 5.41) is 11.0. The highest BCUT2D eigenvalue weighted by atomic mass is 16.5. The summed E-state index contributed by atoms with van der Waals surface area (Å²) in [5.74, 6) is -0.576. The number of nitrogens with zero attached hydrogens (tertiary/aromatic N) is 2. The summed E-state index contributed by atoms with van der Waals surface area (Å²) in [6.45, 7) is 7.74. The zero-order valence-corrected chi connectivity index (χ0v) is 17.7. The lowest BCUT2D eigenvalue weighted by molar-refractivity contribution is -0.140. The summed E-state index contributed by atoms with van der Waals surface area (Å²) < 4.78 is 16.4. The number of hydrogen-bond donors (Lipinski definition) is 1. The molecule has 1 unspecified atom stereocenters. The topological polar surface area (TPSA) is 92.5 Å². The van der Waals surface area contributed by atoms with Gasteiger partial charge in [-0.2, -0.15) is 0 Å². The van der Waals surface area contributed by atoms with Gasteiger partial charge in [0.15, 0.2) is 0 Å². The minimum Gasteiger partial charge on any atom is -0.507 e. The number of hydrogen-bond acceptors (Lipinski definition) is 7. The Labute approximate surface area is 186 Å². The molecule has 3 heterocycles. The van der Waals surface area contributed by atoms with Crippen molar-refractivity contribution in [2.75, 3.05) is 46.0 Å². The van der Waals surface area contributed by atoms with Gasteiger partial charge in [0.05, 0.1) is 25.1 Å². The molecule has 8 heteroatoms. The van der Waals surface area contributed by atoms with Gasteiger partial charge in [-0.25, -0.2) is 0 Å². The third-order valence-corrected chi connectivity index (χ3v) is 5.61. The number of likely N-dealkylation sites (tertiary alicyclic amines) is 1. The predicted octanol–water partition coefficient (Wildman–Crippen LogP) is 2.60. The molecule has 4 rings (SSSR count). The quantitative estimate of drug-likeness (QED) is 0.293. The van der Waals surface area contributed by atoms with Crippen molar-refractivity contribution < 1.29 is 28.6 Å². The molecule has 1 amide bonds.